The van der Waals surface area contributed by atoms with Gasteiger partial charge >= 0.3 is 6.01 Å². The lowest BCUT2D eigenvalue weighted by atomic mass is 9.91. The Morgan fingerprint density at radius 1 is 1.43 bits per heavy atom. The quantitative estimate of drug-likeness (QED) is 0.736. The minimum Gasteiger partial charge on any atom is -0.333 e. The summed E-state index contributed by atoms with van der Waals surface area (Å²) in [6.07, 6.45) is 2.16. The van der Waals surface area contributed by atoms with Crippen LogP contribution in [0, 0.1) is 6.92 Å². The van der Waals surface area contributed by atoms with E-state index >= 15 is 0 Å². The number of hydrogen-bond donors (Lipinski definition) is 2. The highest BCUT2D eigenvalue weighted by Crippen LogP contribution is 2.22. The van der Waals surface area contributed by atoms with Crippen LogP contribution < -0.4 is 10.6 Å². The number of piperidine rings is 1. The number of aryl methyl sites for hydroxylation is 1. The molecule has 0 atom stereocenters. The Kier molecular flexibility index (Phi) is 2.41. The number of anilines is 1. The summed E-state index contributed by atoms with van der Waals surface area (Å²) in [5.74, 6) is 0.671. The molecule has 1 fully saturated rings. The first-order valence-corrected chi connectivity index (χ1v) is 4.97. The van der Waals surface area contributed by atoms with Crippen LogP contribution in [0.25, 0.3) is 0 Å². The van der Waals surface area contributed by atoms with Crippen LogP contribution in [0.3, 0.4) is 0 Å². The lowest BCUT2D eigenvalue weighted by Crippen LogP contribution is -2.45. The van der Waals surface area contributed by atoms with Gasteiger partial charge in [-0.2, -0.15) is 4.98 Å². The summed E-state index contributed by atoms with van der Waals surface area (Å²) in [5.41, 5.74) is 0.0875. The Bertz CT molecular complexity index is 304. The van der Waals surface area contributed by atoms with Crippen LogP contribution in [0.2, 0.25) is 0 Å². The Morgan fingerprint density at radius 3 is 2.71 bits per heavy atom. The lowest BCUT2D eigenvalue weighted by Gasteiger charge is -2.33. The predicted molar refractivity (Wildman–Crippen MR) is 53.2 cm³/mol. The first kappa shape index (κ1) is 9.45. The van der Waals surface area contributed by atoms with Gasteiger partial charge in [-0.3, -0.25) is 0 Å². The third-order valence-corrected chi connectivity index (χ3v) is 2.64. The van der Waals surface area contributed by atoms with E-state index in [4.69, 9.17) is 4.52 Å². The molecule has 0 spiro atoms. The van der Waals surface area contributed by atoms with Gasteiger partial charge in [-0.05, 0) is 39.8 Å². The van der Waals surface area contributed by atoms with Gasteiger partial charge < -0.3 is 15.2 Å². The second kappa shape index (κ2) is 3.57. The SMILES string of the molecule is Cc1noc(NC2(C)CCNCC2)n1. The van der Waals surface area contributed by atoms with E-state index < -0.39 is 0 Å². The van der Waals surface area contributed by atoms with Gasteiger partial charge in [0.1, 0.15) is 0 Å². The molecule has 1 aromatic rings. The van der Waals surface area contributed by atoms with Crippen LogP contribution >= 0.6 is 0 Å². The third-order valence-electron chi connectivity index (χ3n) is 2.64. The molecule has 2 N–H and O–H groups in total. The highest BCUT2D eigenvalue weighted by Gasteiger charge is 2.27. The van der Waals surface area contributed by atoms with Crippen LogP contribution in [0.4, 0.5) is 6.01 Å². The van der Waals surface area contributed by atoms with Crippen molar-refractivity contribution < 1.29 is 4.52 Å². The zero-order chi connectivity index (χ0) is 10.0. The molecule has 2 rings (SSSR count). The minimum absolute atomic E-state index is 0.0875. The number of rotatable bonds is 2. The van der Waals surface area contributed by atoms with E-state index in [1.807, 2.05) is 6.92 Å². The van der Waals surface area contributed by atoms with E-state index in [9.17, 15) is 0 Å². The van der Waals surface area contributed by atoms with Crippen molar-refractivity contribution in [1.82, 2.24) is 15.5 Å². The monoisotopic (exact) mass is 196 g/mol. The minimum atomic E-state index is 0.0875. The predicted octanol–water partition coefficient (Wildman–Crippen LogP) is 0.932. The van der Waals surface area contributed by atoms with E-state index in [0.717, 1.165) is 25.9 Å². The second-order valence-electron chi connectivity index (χ2n) is 4.08. The molecule has 0 radical (unpaired) electrons. The Labute approximate surface area is 83.3 Å². The first-order valence-electron chi connectivity index (χ1n) is 4.97. The van der Waals surface area contributed by atoms with Gasteiger partial charge in [-0.25, -0.2) is 0 Å². The van der Waals surface area contributed by atoms with Gasteiger partial charge in [0.15, 0.2) is 5.82 Å². The summed E-state index contributed by atoms with van der Waals surface area (Å²) < 4.78 is 5.04. The molecule has 1 saturated heterocycles. The molecular weight excluding hydrogens is 180 g/mol. The van der Waals surface area contributed by atoms with Gasteiger partial charge in [0.2, 0.25) is 0 Å². The highest BCUT2D eigenvalue weighted by molar-refractivity contribution is 5.24. The van der Waals surface area contributed by atoms with Crippen molar-refractivity contribution in [2.75, 3.05) is 18.4 Å². The molecule has 1 aromatic heterocycles. The first-order chi connectivity index (χ1) is 6.68. The van der Waals surface area contributed by atoms with Gasteiger partial charge in [0, 0.05) is 5.54 Å². The molecule has 78 valence electrons. The summed E-state index contributed by atoms with van der Waals surface area (Å²) >= 11 is 0. The van der Waals surface area contributed by atoms with E-state index in [0.29, 0.717) is 11.8 Å². The molecule has 1 aliphatic heterocycles. The molecule has 5 nitrogen and oxygen atoms in total. The largest absolute Gasteiger partial charge is 0.333 e. The van der Waals surface area contributed by atoms with Crippen molar-refractivity contribution in [3.63, 3.8) is 0 Å². The maximum absolute atomic E-state index is 5.04. The molecule has 2 heterocycles. The van der Waals surface area contributed by atoms with Crippen molar-refractivity contribution in [3.8, 4) is 0 Å². The standard InChI is InChI=1S/C9H16N4O/c1-7-11-8(14-13-7)12-9(2)3-5-10-6-4-9/h10H,3-6H2,1-2H3,(H,11,12,13). The molecule has 0 unspecified atom stereocenters. The lowest BCUT2D eigenvalue weighted by molar-refractivity contribution is 0.343. The average Bonchev–Trinajstić information content (AvgIpc) is 2.51. The summed E-state index contributed by atoms with van der Waals surface area (Å²) in [4.78, 5) is 4.14. The molecule has 0 aromatic carbocycles. The maximum atomic E-state index is 5.04. The van der Waals surface area contributed by atoms with Crippen molar-refractivity contribution in [1.29, 1.82) is 0 Å². The smallest absolute Gasteiger partial charge is 0.321 e. The van der Waals surface area contributed by atoms with Crippen LogP contribution in [0.15, 0.2) is 4.52 Å². The molecule has 14 heavy (non-hydrogen) atoms. The summed E-state index contributed by atoms with van der Waals surface area (Å²) in [6.45, 7) is 6.08. The average molecular weight is 196 g/mol. The molecule has 1 aliphatic rings. The van der Waals surface area contributed by atoms with Crippen LogP contribution in [0.1, 0.15) is 25.6 Å². The van der Waals surface area contributed by atoms with Crippen molar-refractivity contribution >= 4 is 6.01 Å². The molecule has 0 saturated carbocycles. The van der Waals surface area contributed by atoms with Crippen LogP contribution in [-0.2, 0) is 0 Å². The molecule has 5 heteroatoms. The highest BCUT2D eigenvalue weighted by atomic mass is 16.5. The van der Waals surface area contributed by atoms with Crippen molar-refractivity contribution in [3.05, 3.63) is 5.82 Å². The van der Waals surface area contributed by atoms with E-state index in [1.165, 1.54) is 0 Å². The zero-order valence-electron chi connectivity index (χ0n) is 8.63. The molecule has 0 aliphatic carbocycles. The summed E-state index contributed by atoms with van der Waals surface area (Å²) in [6, 6.07) is 0.534. The van der Waals surface area contributed by atoms with Crippen LogP contribution in [-0.4, -0.2) is 28.8 Å². The Morgan fingerprint density at radius 2 is 2.14 bits per heavy atom. The van der Waals surface area contributed by atoms with Crippen molar-refractivity contribution in [2.45, 2.75) is 32.2 Å². The zero-order valence-corrected chi connectivity index (χ0v) is 8.63. The summed E-state index contributed by atoms with van der Waals surface area (Å²) in [5, 5.41) is 10.4. The third kappa shape index (κ3) is 2.04. The fourth-order valence-corrected chi connectivity index (χ4v) is 1.71. The number of aromatic nitrogens is 2. The summed E-state index contributed by atoms with van der Waals surface area (Å²) in [7, 11) is 0. The van der Waals surface area contributed by atoms with E-state index in [1.54, 1.807) is 0 Å². The fourth-order valence-electron chi connectivity index (χ4n) is 1.71. The Balaban J connectivity index is 2.01. The van der Waals surface area contributed by atoms with Crippen molar-refractivity contribution in [2.24, 2.45) is 0 Å². The molecular formula is C9H16N4O. The number of hydrogen-bond acceptors (Lipinski definition) is 5. The maximum Gasteiger partial charge on any atom is 0.321 e. The topological polar surface area (TPSA) is 63.0 Å². The molecule has 0 bridgehead atoms. The van der Waals surface area contributed by atoms with Gasteiger partial charge in [-0.1, -0.05) is 5.16 Å². The number of nitrogens with zero attached hydrogens (tertiary/aromatic N) is 2. The number of nitrogens with one attached hydrogen (secondary N) is 2. The Hall–Kier alpha value is -1.10. The van der Waals surface area contributed by atoms with Gasteiger partial charge in [0.05, 0.1) is 0 Å². The van der Waals surface area contributed by atoms with Gasteiger partial charge in [0.25, 0.3) is 0 Å². The van der Waals surface area contributed by atoms with E-state index in [2.05, 4.69) is 27.7 Å². The van der Waals surface area contributed by atoms with Crippen LogP contribution in [0.5, 0.6) is 0 Å². The van der Waals surface area contributed by atoms with E-state index in [-0.39, 0.29) is 5.54 Å². The second-order valence-corrected chi connectivity index (χ2v) is 4.08. The van der Waals surface area contributed by atoms with Gasteiger partial charge in [-0.15, -0.1) is 0 Å². The molecule has 0 amide bonds. The fraction of sp³-hybridized carbons (Fsp3) is 0.778. The normalized spacial score (nSPS) is 20.7.